The summed E-state index contributed by atoms with van der Waals surface area (Å²) in [7, 11) is 0. The van der Waals surface area contributed by atoms with Gasteiger partial charge in [0.05, 0.1) is 23.3 Å². The lowest BCUT2D eigenvalue weighted by molar-refractivity contribution is -0.274. The second kappa shape index (κ2) is 4.36. The minimum atomic E-state index is -4.79. The van der Waals surface area contributed by atoms with E-state index in [0.717, 1.165) is 12.3 Å². The Balaban J connectivity index is 3.00. The summed E-state index contributed by atoms with van der Waals surface area (Å²) in [6.45, 7) is 0. The van der Waals surface area contributed by atoms with Crippen molar-refractivity contribution in [1.82, 2.24) is 4.98 Å². The zero-order valence-corrected chi connectivity index (χ0v) is 7.93. The molecule has 0 aliphatic carbocycles. The highest BCUT2D eigenvalue weighted by Crippen LogP contribution is 2.23. The minimum Gasteiger partial charge on any atom is -0.404 e. The van der Waals surface area contributed by atoms with E-state index in [4.69, 9.17) is 16.9 Å². The van der Waals surface area contributed by atoms with Crippen LogP contribution < -0.4 is 4.74 Å². The number of hydrogen-bond acceptors (Lipinski definition) is 3. The van der Waals surface area contributed by atoms with Gasteiger partial charge in [-0.1, -0.05) is 0 Å². The van der Waals surface area contributed by atoms with E-state index in [0.29, 0.717) is 0 Å². The van der Waals surface area contributed by atoms with Crippen molar-refractivity contribution < 1.29 is 17.9 Å². The Morgan fingerprint density at radius 1 is 1.53 bits per heavy atom. The first-order valence-corrected chi connectivity index (χ1v) is 4.20. The van der Waals surface area contributed by atoms with Crippen molar-refractivity contribution >= 4 is 11.6 Å². The van der Waals surface area contributed by atoms with Crippen molar-refractivity contribution in [3.8, 4) is 11.8 Å². The first-order chi connectivity index (χ1) is 6.96. The van der Waals surface area contributed by atoms with Gasteiger partial charge in [-0.2, -0.15) is 5.26 Å². The maximum atomic E-state index is 11.8. The van der Waals surface area contributed by atoms with Gasteiger partial charge in [0.1, 0.15) is 11.8 Å². The van der Waals surface area contributed by atoms with E-state index in [-0.39, 0.29) is 17.1 Å². The van der Waals surface area contributed by atoms with E-state index in [9.17, 15) is 13.2 Å². The van der Waals surface area contributed by atoms with Crippen LogP contribution in [-0.4, -0.2) is 11.3 Å². The van der Waals surface area contributed by atoms with Crippen molar-refractivity contribution in [2.45, 2.75) is 12.2 Å². The van der Waals surface area contributed by atoms with E-state index < -0.39 is 12.1 Å². The second-order valence-corrected chi connectivity index (χ2v) is 2.73. The minimum absolute atomic E-state index is 0.0354. The molecular weight excluding hydrogens is 233 g/mol. The normalized spacial score (nSPS) is 10.9. The van der Waals surface area contributed by atoms with Crippen molar-refractivity contribution in [1.29, 1.82) is 5.26 Å². The summed E-state index contributed by atoms with van der Waals surface area (Å²) in [6, 6.07) is 2.62. The van der Waals surface area contributed by atoms with Gasteiger partial charge in [0.25, 0.3) is 0 Å². The van der Waals surface area contributed by atoms with Gasteiger partial charge in [-0.15, -0.1) is 24.8 Å². The number of rotatable bonds is 2. The van der Waals surface area contributed by atoms with Crippen molar-refractivity contribution in [3.63, 3.8) is 0 Å². The fraction of sp³-hybridized carbons (Fsp3) is 0.250. The van der Waals surface area contributed by atoms with Crippen LogP contribution in [0, 0.1) is 11.3 Å². The fourth-order valence-corrected chi connectivity index (χ4v) is 1.08. The highest BCUT2D eigenvalue weighted by Gasteiger charge is 2.31. The Morgan fingerprint density at radius 2 is 2.20 bits per heavy atom. The number of alkyl halides is 4. The van der Waals surface area contributed by atoms with E-state index in [1.807, 2.05) is 0 Å². The van der Waals surface area contributed by atoms with Gasteiger partial charge < -0.3 is 4.74 Å². The van der Waals surface area contributed by atoms with Crippen LogP contribution in [0.4, 0.5) is 13.2 Å². The summed E-state index contributed by atoms with van der Waals surface area (Å²) in [4.78, 5) is 3.57. The Kier molecular flexibility index (Phi) is 3.37. The van der Waals surface area contributed by atoms with Crippen LogP contribution in [0.2, 0.25) is 0 Å². The molecule has 0 amide bonds. The predicted molar refractivity (Wildman–Crippen MR) is 45.2 cm³/mol. The third-order valence-corrected chi connectivity index (χ3v) is 1.68. The Bertz CT molecular complexity index is 400. The summed E-state index contributed by atoms with van der Waals surface area (Å²) in [5, 5.41) is 8.59. The number of ether oxygens (including phenoxy) is 1. The number of nitrogens with zero attached hydrogens (tertiary/aromatic N) is 2. The highest BCUT2D eigenvalue weighted by molar-refractivity contribution is 6.17. The molecular formula is C8H4ClF3N2O. The molecule has 0 aromatic carbocycles. The lowest BCUT2D eigenvalue weighted by Crippen LogP contribution is -2.17. The third kappa shape index (κ3) is 3.29. The molecule has 80 valence electrons. The summed E-state index contributed by atoms with van der Waals surface area (Å²) in [6.07, 6.45) is -3.93. The quantitative estimate of drug-likeness (QED) is 0.742. The molecule has 1 aromatic rings. The smallest absolute Gasteiger partial charge is 0.404 e. The van der Waals surface area contributed by atoms with Crippen LogP contribution in [0.5, 0.6) is 5.75 Å². The SMILES string of the molecule is N#Cc1cc(OC(F)(F)F)cnc1CCl. The van der Waals surface area contributed by atoms with Crippen LogP contribution in [0.25, 0.3) is 0 Å². The summed E-state index contributed by atoms with van der Waals surface area (Å²) >= 11 is 5.42. The lowest BCUT2D eigenvalue weighted by atomic mass is 10.2. The molecule has 0 saturated heterocycles. The molecule has 1 rings (SSSR count). The summed E-state index contributed by atoms with van der Waals surface area (Å²) in [5.74, 6) is -0.581. The number of aromatic nitrogens is 1. The molecule has 1 aromatic heterocycles. The summed E-state index contributed by atoms with van der Waals surface area (Å²) in [5.41, 5.74) is 0.181. The van der Waals surface area contributed by atoms with Gasteiger partial charge in [-0.3, -0.25) is 4.98 Å². The predicted octanol–water partition coefficient (Wildman–Crippen LogP) is 2.59. The Morgan fingerprint density at radius 3 is 2.67 bits per heavy atom. The standard InChI is InChI=1S/C8H4ClF3N2O/c9-2-7-5(3-13)1-6(4-14-7)15-8(10,11)12/h1,4H,2H2. The Hall–Kier alpha value is -1.48. The van der Waals surface area contributed by atoms with Gasteiger partial charge in [-0.25, -0.2) is 0 Å². The van der Waals surface area contributed by atoms with Crippen LogP contribution in [0.15, 0.2) is 12.3 Å². The molecule has 0 N–H and O–H groups in total. The fourth-order valence-electron chi connectivity index (χ4n) is 0.867. The van der Waals surface area contributed by atoms with Crippen LogP contribution >= 0.6 is 11.6 Å². The molecule has 0 spiro atoms. The molecule has 1 heterocycles. The van der Waals surface area contributed by atoms with Gasteiger partial charge in [0.15, 0.2) is 0 Å². The zero-order chi connectivity index (χ0) is 11.5. The molecule has 7 heteroatoms. The second-order valence-electron chi connectivity index (χ2n) is 2.46. The van der Waals surface area contributed by atoms with Crippen LogP contribution in [0.1, 0.15) is 11.3 Å². The van der Waals surface area contributed by atoms with Gasteiger partial charge in [0.2, 0.25) is 0 Å². The average Bonchev–Trinajstić information content (AvgIpc) is 2.15. The Labute approximate surface area is 88.1 Å². The number of pyridine rings is 1. The average molecular weight is 237 g/mol. The van der Waals surface area contributed by atoms with Crippen molar-refractivity contribution in [2.24, 2.45) is 0 Å². The highest BCUT2D eigenvalue weighted by atomic mass is 35.5. The van der Waals surface area contributed by atoms with E-state index >= 15 is 0 Å². The first-order valence-electron chi connectivity index (χ1n) is 3.67. The van der Waals surface area contributed by atoms with E-state index in [2.05, 4.69) is 9.72 Å². The molecule has 0 saturated carbocycles. The largest absolute Gasteiger partial charge is 0.573 e. The number of halogens is 4. The van der Waals surface area contributed by atoms with Gasteiger partial charge in [0, 0.05) is 6.07 Å². The molecule has 0 bridgehead atoms. The lowest BCUT2D eigenvalue weighted by Gasteiger charge is -2.09. The van der Waals surface area contributed by atoms with E-state index in [1.165, 1.54) is 0 Å². The molecule has 0 atom stereocenters. The molecule has 0 aliphatic heterocycles. The molecule has 3 nitrogen and oxygen atoms in total. The third-order valence-electron chi connectivity index (χ3n) is 1.43. The first kappa shape index (κ1) is 11.6. The molecule has 0 aliphatic rings. The number of nitriles is 1. The van der Waals surface area contributed by atoms with Crippen LogP contribution in [-0.2, 0) is 5.88 Å². The molecule has 0 radical (unpaired) electrons. The maximum Gasteiger partial charge on any atom is 0.573 e. The summed E-state index contributed by atoms with van der Waals surface area (Å²) < 4.78 is 39.0. The van der Waals surface area contributed by atoms with Gasteiger partial charge in [-0.05, 0) is 0 Å². The monoisotopic (exact) mass is 236 g/mol. The van der Waals surface area contributed by atoms with Gasteiger partial charge >= 0.3 is 6.36 Å². The zero-order valence-electron chi connectivity index (χ0n) is 7.18. The molecule has 0 fully saturated rings. The van der Waals surface area contributed by atoms with Crippen molar-refractivity contribution in [3.05, 3.63) is 23.5 Å². The topological polar surface area (TPSA) is 45.9 Å². The van der Waals surface area contributed by atoms with Crippen LogP contribution in [0.3, 0.4) is 0 Å². The molecule has 0 unspecified atom stereocenters. The van der Waals surface area contributed by atoms with Crippen molar-refractivity contribution in [2.75, 3.05) is 0 Å². The van der Waals surface area contributed by atoms with E-state index in [1.54, 1.807) is 6.07 Å². The number of hydrogen-bond donors (Lipinski definition) is 0. The molecule has 15 heavy (non-hydrogen) atoms. The maximum absolute atomic E-state index is 11.8.